The van der Waals surface area contributed by atoms with Crippen LogP contribution in [0.4, 0.5) is 11.4 Å². The van der Waals surface area contributed by atoms with Crippen molar-refractivity contribution in [2.45, 2.75) is 19.3 Å². The van der Waals surface area contributed by atoms with Crippen molar-refractivity contribution < 1.29 is 4.79 Å². The lowest BCUT2D eigenvalue weighted by atomic mass is 9.98. The number of nitrogen functional groups attached to an aromatic ring is 1. The molecule has 0 aromatic heterocycles. The number of carbonyl (C=O) groups is 1. The number of nitrogens with zero attached hydrogens (tertiary/aromatic N) is 2. The van der Waals surface area contributed by atoms with Crippen LogP contribution in [0.25, 0.3) is 11.1 Å². The van der Waals surface area contributed by atoms with Crippen molar-refractivity contribution in [3.8, 4) is 11.1 Å². The van der Waals surface area contributed by atoms with Crippen molar-refractivity contribution in [3.05, 3.63) is 81.3 Å². The minimum Gasteiger partial charge on any atom is -0.399 e. The van der Waals surface area contributed by atoms with Crippen LogP contribution in [0.5, 0.6) is 0 Å². The number of halogens is 2. The monoisotopic (exact) mass is 508 g/mol. The van der Waals surface area contributed by atoms with Crippen molar-refractivity contribution >= 4 is 40.5 Å². The second-order valence-corrected chi connectivity index (χ2v) is 10.1. The molecule has 1 saturated heterocycles. The molecule has 0 atom stereocenters. The Labute approximate surface area is 216 Å². The quantitative estimate of drug-likeness (QED) is 0.256. The summed E-state index contributed by atoms with van der Waals surface area (Å²) in [5.74, 6) is -0.0101. The van der Waals surface area contributed by atoms with Gasteiger partial charge in [-0.2, -0.15) is 0 Å². The van der Waals surface area contributed by atoms with Crippen molar-refractivity contribution in [1.82, 2.24) is 10.2 Å². The molecule has 0 saturated carbocycles. The minimum atomic E-state index is -0.0101. The van der Waals surface area contributed by atoms with Crippen molar-refractivity contribution in [3.63, 3.8) is 0 Å². The topological polar surface area (TPSA) is 61.6 Å². The largest absolute Gasteiger partial charge is 0.399 e. The zero-order valence-electron chi connectivity index (χ0n) is 19.7. The van der Waals surface area contributed by atoms with Gasteiger partial charge in [-0.05, 0) is 78.4 Å². The first kappa shape index (κ1) is 24.0. The number of anilines is 2. The van der Waals surface area contributed by atoms with E-state index in [4.69, 9.17) is 28.9 Å². The van der Waals surface area contributed by atoms with E-state index < -0.39 is 0 Å². The summed E-state index contributed by atoms with van der Waals surface area (Å²) < 4.78 is 0. The van der Waals surface area contributed by atoms with Crippen LogP contribution >= 0.6 is 23.2 Å². The van der Waals surface area contributed by atoms with E-state index in [9.17, 15) is 4.79 Å². The summed E-state index contributed by atoms with van der Waals surface area (Å²) in [5, 5.41) is 4.36. The van der Waals surface area contributed by atoms with Gasteiger partial charge in [-0.1, -0.05) is 47.5 Å². The standard InChI is InChI=1S/C28H30Cl2N4O/c29-24-7-4-8-25(27(24)30)34-15-13-33(14-16-34)12-2-1-11-32-28(35)22-6-3-5-20-17-19-9-10-21(31)18-23(19)26(20)22/h3-10,18H,1-2,11-17,31H2,(H,32,35). The van der Waals surface area contributed by atoms with Crippen LogP contribution in [-0.2, 0) is 6.42 Å². The van der Waals surface area contributed by atoms with Gasteiger partial charge in [-0.25, -0.2) is 0 Å². The van der Waals surface area contributed by atoms with Gasteiger partial charge in [0.15, 0.2) is 0 Å². The van der Waals surface area contributed by atoms with Gasteiger partial charge >= 0.3 is 0 Å². The molecule has 1 aliphatic heterocycles. The molecule has 5 nitrogen and oxygen atoms in total. The third kappa shape index (κ3) is 5.13. The third-order valence-corrected chi connectivity index (χ3v) is 7.82. The molecule has 35 heavy (non-hydrogen) atoms. The lowest BCUT2D eigenvalue weighted by molar-refractivity contribution is 0.0953. The van der Waals surface area contributed by atoms with Crippen LogP contribution in [0, 0.1) is 0 Å². The van der Waals surface area contributed by atoms with Crippen LogP contribution in [-0.4, -0.2) is 50.1 Å². The second kappa shape index (κ2) is 10.5. The number of hydrogen-bond donors (Lipinski definition) is 2. The molecular formula is C28H30Cl2N4O. The molecule has 3 aromatic rings. The van der Waals surface area contributed by atoms with Crippen LogP contribution < -0.4 is 16.0 Å². The van der Waals surface area contributed by atoms with Crippen molar-refractivity contribution in [1.29, 1.82) is 0 Å². The Morgan fingerprint density at radius 2 is 1.74 bits per heavy atom. The van der Waals surface area contributed by atoms with Gasteiger partial charge in [0.25, 0.3) is 5.91 Å². The number of piperazine rings is 1. The molecular weight excluding hydrogens is 479 g/mol. The van der Waals surface area contributed by atoms with E-state index in [0.717, 1.165) is 80.1 Å². The molecule has 7 heteroatoms. The van der Waals surface area contributed by atoms with Gasteiger partial charge in [0, 0.05) is 44.0 Å². The Morgan fingerprint density at radius 1 is 0.943 bits per heavy atom. The summed E-state index contributed by atoms with van der Waals surface area (Å²) in [7, 11) is 0. The zero-order valence-corrected chi connectivity index (χ0v) is 21.2. The Hall–Kier alpha value is -2.73. The summed E-state index contributed by atoms with van der Waals surface area (Å²) in [6.45, 7) is 5.55. The summed E-state index contributed by atoms with van der Waals surface area (Å²) in [5.41, 5.74) is 13.0. The highest BCUT2D eigenvalue weighted by molar-refractivity contribution is 6.43. The summed E-state index contributed by atoms with van der Waals surface area (Å²) >= 11 is 12.6. The fourth-order valence-electron chi connectivity index (χ4n) is 5.15. The smallest absolute Gasteiger partial charge is 0.251 e. The Balaban J connectivity index is 1.08. The lowest BCUT2D eigenvalue weighted by Gasteiger charge is -2.36. The second-order valence-electron chi connectivity index (χ2n) is 9.30. The molecule has 0 spiro atoms. The number of unbranched alkanes of at least 4 members (excludes halogenated alkanes) is 1. The first-order valence-corrected chi connectivity index (χ1v) is 13.0. The number of amides is 1. The Morgan fingerprint density at radius 3 is 2.57 bits per heavy atom. The Kier molecular flexibility index (Phi) is 7.19. The van der Waals surface area contributed by atoms with Gasteiger partial charge in [0.1, 0.15) is 0 Å². The molecule has 5 rings (SSSR count). The van der Waals surface area contributed by atoms with E-state index in [2.05, 4.69) is 27.2 Å². The van der Waals surface area contributed by atoms with E-state index in [1.54, 1.807) is 0 Å². The maximum absolute atomic E-state index is 13.0. The normalized spacial score (nSPS) is 15.1. The maximum Gasteiger partial charge on any atom is 0.251 e. The van der Waals surface area contributed by atoms with Gasteiger partial charge in [-0.3, -0.25) is 9.69 Å². The minimum absolute atomic E-state index is 0.0101. The highest BCUT2D eigenvalue weighted by Gasteiger charge is 2.24. The number of fused-ring (bicyclic) bond motifs is 3. The summed E-state index contributed by atoms with van der Waals surface area (Å²) in [6, 6.07) is 17.8. The SMILES string of the molecule is Nc1ccc2c(c1)-c1c(cccc1C(=O)NCCCCN1CCN(c3cccc(Cl)c3Cl)CC1)C2. The fraction of sp³-hybridized carbons (Fsp3) is 0.321. The number of nitrogens with two attached hydrogens (primary N) is 1. The molecule has 3 N–H and O–H groups in total. The van der Waals surface area contributed by atoms with Gasteiger partial charge in [0.2, 0.25) is 0 Å². The van der Waals surface area contributed by atoms with E-state index >= 15 is 0 Å². The molecule has 0 unspecified atom stereocenters. The van der Waals surface area contributed by atoms with Gasteiger partial charge < -0.3 is 16.0 Å². The van der Waals surface area contributed by atoms with Crippen LogP contribution in [0.15, 0.2) is 54.6 Å². The van der Waals surface area contributed by atoms with Crippen molar-refractivity contribution in [2.75, 3.05) is 49.9 Å². The highest BCUT2D eigenvalue weighted by atomic mass is 35.5. The van der Waals surface area contributed by atoms with E-state index in [-0.39, 0.29) is 5.91 Å². The average molecular weight is 509 g/mol. The van der Waals surface area contributed by atoms with E-state index in [0.29, 0.717) is 16.6 Å². The molecule has 1 aliphatic carbocycles. The highest BCUT2D eigenvalue weighted by Crippen LogP contribution is 2.40. The van der Waals surface area contributed by atoms with E-state index in [1.165, 1.54) is 11.1 Å². The zero-order chi connectivity index (χ0) is 24.4. The van der Waals surface area contributed by atoms with Crippen LogP contribution in [0.1, 0.15) is 34.3 Å². The maximum atomic E-state index is 13.0. The lowest BCUT2D eigenvalue weighted by Crippen LogP contribution is -2.46. The Bertz CT molecular complexity index is 1240. The van der Waals surface area contributed by atoms with E-state index in [1.807, 2.05) is 42.5 Å². The predicted molar refractivity (Wildman–Crippen MR) is 146 cm³/mol. The summed E-state index contributed by atoms with van der Waals surface area (Å²) in [6.07, 6.45) is 2.85. The predicted octanol–water partition coefficient (Wildman–Crippen LogP) is 5.48. The third-order valence-electron chi connectivity index (χ3n) is 7.01. The molecule has 1 fully saturated rings. The molecule has 182 valence electrons. The molecule has 0 radical (unpaired) electrons. The number of rotatable bonds is 7. The van der Waals surface area contributed by atoms with Gasteiger partial charge in [-0.15, -0.1) is 0 Å². The fourth-order valence-corrected chi connectivity index (χ4v) is 5.56. The molecule has 2 aliphatic rings. The number of hydrogen-bond acceptors (Lipinski definition) is 4. The molecule has 3 aromatic carbocycles. The number of nitrogens with one attached hydrogen (secondary N) is 1. The van der Waals surface area contributed by atoms with Gasteiger partial charge in [0.05, 0.1) is 15.7 Å². The van der Waals surface area contributed by atoms with Crippen LogP contribution in [0.3, 0.4) is 0 Å². The molecule has 1 heterocycles. The average Bonchev–Trinajstić information content (AvgIpc) is 3.24. The van der Waals surface area contributed by atoms with Crippen LogP contribution in [0.2, 0.25) is 10.0 Å². The number of carbonyl (C=O) groups excluding carboxylic acids is 1. The van der Waals surface area contributed by atoms with Crippen molar-refractivity contribution in [2.24, 2.45) is 0 Å². The first-order chi connectivity index (χ1) is 17.0. The summed E-state index contributed by atoms with van der Waals surface area (Å²) in [4.78, 5) is 17.8. The molecule has 1 amide bonds. The number of benzene rings is 3. The molecule has 0 bridgehead atoms. The first-order valence-electron chi connectivity index (χ1n) is 12.2.